The average molecular weight is 769 g/mol. The number of nitrogens with zero attached hydrogens (tertiary/aromatic N) is 3. The number of amides is 2. The number of nitrogens with two attached hydrogens (primary N) is 2. The molecule has 25 nitrogen and oxygen atoms in total. The molecule has 3 heterocycles. The van der Waals surface area contributed by atoms with Crippen molar-refractivity contribution in [2.24, 2.45) is 5.73 Å². The number of carboxylic acids is 1. The van der Waals surface area contributed by atoms with Crippen molar-refractivity contribution in [3.05, 3.63) is 11.0 Å². The van der Waals surface area contributed by atoms with Crippen molar-refractivity contribution in [2.45, 2.75) is 51.4 Å². The fraction of sp³-hybridized carbons (Fsp3) is 0.579. The van der Waals surface area contributed by atoms with Gasteiger partial charge in [0.05, 0.1) is 25.4 Å². The number of aliphatic carboxylic acids is 1. The second-order valence-electron chi connectivity index (χ2n) is 9.12. The second kappa shape index (κ2) is 17.8. The summed E-state index contributed by atoms with van der Waals surface area (Å²) in [5.74, 6) is -1.95. The molecule has 1 aliphatic heterocycles. The van der Waals surface area contributed by atoms with E-state index in [0.717, 1.165) is 0 Å². The van der Waals surface area contributed by atoms with Gasteiger partial charge in [-0.25, -0.2) is 18.6 Å². The number of nitrogens with one attached hydrogen (secondary N) is 3. The van der Waals surface area contributed by atoms with E-state index in [4.69, 9.17) is 38.4 Å². The normalized spacial score (nSPS) is 23.2. The van der Waals surface area contributed by atoms with E-state index in [1.54, 1.807) is 0 Å². The topological polar surface area (TPSA) is 412 Å². The highest BCUT2D eigenvalue weighted by Gasteiger charge is 2.45. The number of aromatic amines is 1. The Morgan fingerprint density at radius 3 is 2.31 bits per heavy atom. The Balaban J connectivity index is 0.000000612. The second-order valence-corrected chi connectivity index (χ2v) is 13.8. The molecule has 0 saturated carbocycles. The predicted molar refractivity (Wildman–Crippen MR) is 155 cm³/mol. The minimum Gasteiger partial charge on any atom is -0.756 e. The molecule has 29 heteroatoms. The Morgan fingerprint density at radius 2 is 1.75 bits per heavy atom. The summed E-state index contributed by atoms with van der Waals surface area (Å²) >= 11 is 5.01. The van der Waals surface area contributed by atoms with Gasteiger partial charge in [-0.05, 0) is 0 Å². The number of carboxylic acid groups (broad SMARTS) is 1. The number of nitrogen functional groups attached to an aromatic ring is 1. The van der Waals surface area contributed by atoms with Crippen LogP contribution in [0.5, 0.6) is 0 Å². The SMILES string of the molecule is C.CC(=O)NCCNC(=O)C(N)CC(=O)O.Nc1nc(=S)c2ncn([C@@H]3O[C@H](COP(=O)([O-])OP(=O)([O-])OP(=O)([O-])O)[C@H](O)C3O)c2[nH]1. The number of carbonyl (C=O) groups excluding carboxylic acids is 2. The van der Waals surface area contributed by atoms with Gasteiger partial charge in [0.2, 0.25) is 11.8 Å². The van der Waals surface area contributed by atoms with Crippen molar-refractivity contribution in [1.29, 1.82) is 0 Å². The molecule has 0 bridgehead atoms. The lowest BCUT2D eigenvalue weighted by Gasteiger charge is -2.33. The van der Waals surface area contributed by atoms with Gasteiger partial charge in [0.1, 0.15) is 29.5 Å². The Morgan fingerprint density at radius 1 is 1.15 bits per heavy atom. The number of hydrogen-bond acceptors (Lipinski definition) is 20. The zero-order chi connectivity index (χ0) is 35.9. The van der Waals surface area contributed by atoms with Crippen LogP contribution in [0.15, 0.2) is 6.33 Å². The summed E-state index contributed by atoms with van der Waals surface area (Å²) < 4.78 is 50.7. The Bertz CT molecular complexity index is 1650. The fourth-order valence-corrected chi connectivity index (χ4v) is 6.67. The van der Waals surface area contributed by atoms with Crippen LogP contribution in [-0.2, 0) is 46.0 Å². The number of phosphoric ester groups is 1. The fourth-order valence-electron chi connectivity index (χ4n) is 3.53. The van der Waals surface area contributed by atoms with Crippen LogP contribution >= 0.6 is 35.7 Å². The largest absolute Gasteiger partial charge is 0.756 e. The van der Waals surface area contributed by atoms with Crippen molar-refractivity contribution in [1.82, 2.24) is 30.2 Å². The standard InChI is InChI=1S/C10H16N5O13P3S.C8H15N3O4.CH4/c11-10-13-7-4(8(32)14-10)12-2-15(7)9-6(17)5(16)3(26-9)1-25-30(21,22)28-31(23,24)27-29(18,19)20;1-5(12)10-2-3-11-8(15)6(9)4-7(13)14;/h2-3,5-6,9,16-17H,1H2,(H,21,22)(H,23,24)(H2,18,19,20)(H3,11,13,14,32);6H,2-4,9H2,1H3,(H,10,12)(H,11,15)(H,13,14);1H4/p-3/t3-,5+,6?,9-;;/m1../s1. The van der Waals surface area contributed by atoms with E-state index >= 15 is 0 Å². The number of carbonyl (C=O) groups is 3. The molecule has 3 rings (SSSR count). The van der Waals surface area contributed by atoms with Crippen LogP contribution in [0.3, 0.4) is 0 Å². The number of rotatable bonds is 14. The molecule has 274 valence electrons. The van der Waals surface area contributed by atoms with E-state index in [0.29, 0.717) is 6.54 Å². The molecular weight excluding hydrogens is 737 g/mol. The molecule has 1 saturated heterocycles. The number of anilines is 1. The van der Waals surface area contributed by atoms with Crippen molar-refractivity contribution >= 4 is 70.6 Å². The quantitative estimate of drug-likeness (QED) is 0.0500. The first-order valence-corrected chi connectivity index (χ1v) is 17.3. The van der Waals surface area contributed by atoms with Gasteiger partial charge < -0.3 is 71.2 Å². The maximum Gasteiger partial charge on any atom is 0.305 e. The molecule has 5 unspecified atom stereocenters. The molecule has 0 radical (unpaired) electrons. The summed E-state index contributed by atoms with van der Waals surface area (Å²) in [7, 11) is -17.8. The van der Waals surface area contributed by atoms with Gasteiger partial charge in [0, 0.05) is 20.0 Å². The summed E-state index contributed by atoms with van der Waals surface area (Å²) in [6.07, 6.45) is -5.53. The molecule has 11 N–H and O–H groups in total. The molecular formula is C19H32N8O17P3S-3. The van der Waals surface area contributed by atoms with E-state index < -0.39 is 79.0 Å². The van der Waals surface area contributed by atoms with E-state index in [9.17, 15) is 53.0 Å². The monoisotopic (exact) mass is 769 g/mol. The van der Waals surface area contributed by atoms with Gasteiger partial charge in [-0.15, -0.1) is 0 Å². The van der Waals surface area contributed by atoms with Crippen molar-refractivity contribution in [3.63, 3.8) is 0 Å². The van der Waals surface area contributed by atoms with Gasteiger partial charge >= 0.3 is 5.97 Å². The van der Waals surface area contributed by atoms with E-state index in [1.165, 1.54) is 17.8 Å². The maximum atomic E-state index is 11.6. The summed E-state index contributed by atoms with van der Waals surface area (Å²) in [6, 6.07) is -1.06. The number of phosphoric acid groups is 3. The number of fused-ring (bicyclic) bond motifs is 1. The van der Waals surface area contributed by atoms with Crippen LogP contribution in [0.1, 0.15) is 27.0 Å². The summed E-state index contributed by atoms with van der Waals surface area (Å²) in [5.41, 5.74) is 11.2. The minimum absolute atomic E-state index is 0. The van der Waals surface area contributed by atoms with Crippen LogP contribution in [0.25, 0.3) is 11.2 Å². The zero-order valence-corrected chi connectivity index (χ0v) is 27.1. The van der Waals surface area contributed by atoms with Crippen LogP contribution < -0.4 is 36.8 Å². The molecule has 0 spiro atoms. The van der Waals surface area contributed by atoms with Crippen LogP contribution in [0, 0.1) is 4.64 Å². The lowest BCUT2D eigenvalue weighted by molar-refractivity contribution is -0.250. The Hall–Kier alpha value is -2.77. The van der Waals surface area contributed by atoms with Crippen molar-refractivity contribution in [3.8, 4) is 0 Å². The Kier molecular flexibility index (Phi) is 16.0. The first-order valence-electron chi connectivity index (χ1n) is 12.5. The number of aromatic nitrogens is 4. The van der Waals surface area contributed by atoms with Gasteiger partial charge in [-0.2, -0.15) is 0 Å². The third-order valence-electron chi connectivity index (χ3n) is 5.41. The molecule has 1 aliphatic rings. The van der Waals surface area contributed by atoms with Gasteiger partial charge in [-0.1, -0.05) is 19.6 Å². The highest BCUT2D eigenvalue weighted by Crippen LogP contribution is 2.61. The first-order chi connectivity index (χ1) is 21.5. The summed E-state index contributed by atoms with van der Waals surface area (Å²) in [4.78, 5) is 83.8. The molecule has 1 fully saturated rings. The van der Waals surface area contributed by atoms with Gasteiger partial charge in [-0.3, -0.25) is 32.6 Å². The summed E-state index contributed by atoms with van der Waals surface area (Å²) in [5, 5.41) is 33.7. The smallest absolute Gasteiger partial charge is 0.305 e. The van der Waals surface area contributed by atoms with Crippen LogP contribution in [0.2, 0.25) is 0 Å². The first kappa shape index (κ1) is 43.3. The van der Waals surface area contributed by atoms with E-state index in [1.807, 2.05) is 0 Å². The van der Waals surface area contributed by atoms with Crippen LogP contribution in [0.4, 0.5) is 5.95 Å². The molecule has 0 aromatic carbocycles. The number of ether oxygens (including phenoxy) is 1. The lowest BCUT2D eigenvalue weighted by Crippen LogP contribution is -2.44. The molecule has 2 aromatic rings. The van der Waals surface area contributed by atoms with Crippen molar-refractivity contribution < 1.29 is 80.9 Å². The highest BCUT2D eigenvalue weighted by molar-refractivity contribution is 7.71. The number of H-pyrrole nitrogens is 1. The van der Waals surface area contributed by atoms with Gasteiger partial charge in [0.25, 0.3) is 23.5 Å². The summed E-state index contributed by atoms with van der Waals surface area (Å²) in [6.45, 7) is 0.806. The van der Waals surface area contributed by atoms with Gasteiger partial charge in [0.15, 0.2) is 16.8 Å². The zero-order valence-electron chi connectivity index (χ0n) is 23.6. The number of hydrogen-bond donors (Lipinski definition) is 9. The predicted octanol–water partition coefficient (Wildman–Crippen LogP) is -4.19. The molecule has 48 heavy (non-hydrogen) atoms. The van der Waals surface area contributed by atoms with Crippen molar-refractivity contribution in [2.75, 3.05) is 25.4 Å². The Labute approximate surface area is 275 Å². The average Bonchev–Trinajstić information content (AvgIpc) is 3.43. The molecule has 8 atom stereocenters. The number of aliphatic hydroxyl groups excluding tert-OH is 2. The molecule has 2 aromatic heterocycles. The molecule has 0 aliphatic carbocycles. The highest BCUT2D eigenvalue weighted by atomic mass is 32.1. The molecule has 2 amide bonds. The minimum atomic E-state index is -6.09. The van der Waals surface area contributed by atoms with E-state index in [-0.39, 0.29) is 41.6 Å². The lowest BCUT2D eigenvalue weighted by atomic mass is 10.1. The van der Waals surface area contributed by atoms with Crippen LogP contribution in [-0.4, -0.2) is 102 Å². The maximum absolute atomic E-state index is 11.6. The third-order valence-corrected chi connectivity index (χ3v) is 9.38. The third kappa shape index (κ3) is 13.6. The number of imidazole rings is 1. The van der Waals surface area contributed by atoms with E-state index in [2.05, 4.69) is 38.7 Å². The number of aliphatic hydroxyl groups is 2.